The highest BCUT2D eigenvalue weighted by atomic mass is 35.5. The maximum Gasteiger partial charge on any atom is 0.299 e. The summed E-state index contributed by atoms with van der Waals surface area (Å²) in [5.74, 6) is 0.842. The fourth-order valence-corrected chi connectivity index (χ4v) is 3.05. The van der Waals surface area contributed by atoms with Crippen molar-refractivity contribution >= 4 is 47.3 Å². The third-order valence-corrected chi connectivity index (χ3v) is 5.27. The SMILES string of the molecule is Cc1cc(/N=C\N(C)C(C)C)c(Cl)cc1Oc1nc(/C=C/c2ccc(F)cc2)ns1. The summed E-state index contributed by atoms with van der Waals surface area (Å²) in [4.78, 5) is 10.8. The number of aliphatic imine (C=N–C) groups is 1. The minimum absolute atomic E-state index is 0.271. The van der Waals surface area contributed by atoms with Crippen molar-refractivity contribution in [2.24, 2.45) is 4.99 Å². The molecule has 0 aliphatic carbocycles. The van der Waals surface area contributed by atoms with Gasteiger partial charge >= 0.3 is 0 Å². The molecule has 0 radical (unpaired) electrons. The zero-order chi connectivity index (χ0) is 21.7. The third kappa shape index (κ3) is 5.87. The minimum atomic E-state index is -0.271. The molecule has 3 rings (SSSR count). The van der Waals surface area contributed by atoms with E-state index >= 15 is 0 Å². The van der Waals surface area contributed by atoms with Gasteiger partial charge in [-0.1, -0.05) is 29.8 Å². The van der Waals surface area contributed by atoms with Crippen LogP contribution in [0, 0.1) is 12.7 Å². The van der Waals surface area contributed by atoms with Crippen molar-refractivity contribution in [3.8, 4) is 10.9 Å². The highest BCUT2D eigenvalue weighted by molar-refractivity contribution is 7.07. The number of aromatic nitrogens is 2. The van der Waals surface area contributed by atoms with Crippen LogP contribution in [0.3, 0.4) is 0 Å². The van der Waals surface area contributed by atoms with Gasteiger partial charge in [0.25, 0.3) is 5.19 Å². The molecule has 0 spiro atoms. The molecule has 0 atom stereocenters. The molecule has 0 aliphatic rings. The molecule has 5 nitrogen and oxygen atoms in total. The number of benzene rings is 2. The van der Waals surface area contributed by atoms with Crippen LogP contribution in [0.25, 0.3) is 12.2 Å². The van der Waals surface area contributed by atoms with Crippen LogP contribution in [0.2, 0.25) is 5.02 Å². The molecule has 8 heteroatoms. The maximum atomic E-state index is 13.0. The lowest BCUT2D eigenvalue weighted by Gasteiger charge is -2.17. The average molecular weight is 445 g/mol. The van der Waals surface area contributed by atoms with E-state index in [4.69, 9.17) is 16.3 Å². The van der Waals surface area contributed by atoms with E-state index in [2.05, 4.69) is 28.2 Å². The zero-order valence-electron chi connectivity index (χ0n) is 17.1. The molecular formula is C22H22ClFN4OS. The molecule has 0 amide bonds. The highest BCUT2D eigenvalue weighted by Gasteiger charge is 2.11. The first-order valence-electron chi connectivity index (χ1n) is 9.33. The van der Waals surface area contributed by atoms with Gasteiger partial charge in [0.2, 0.25) is 0 Å². The molecule has 3 aromatic rings. The quantitative estimate of drug-likeness (QED) is 0.304. The molecular weight excluding hydrogens is 423 g/mol. The van der Waals surface area contributed by atoms with Gasteiger partial charge in [-0.15, -0.1) is 0 Å². The smallest absolute Gasteiger partial charge is 0.299 e. The van der Waals surface area contributed by atoms with Crippen molar-refractivity contribution in [3.63, 3.8) is 0 Å². The Morgan fingerprint density at radius 3 is 2.63 bits per heavy atom. The third-order valence-electron chi connectivity index (χ3n) is 4.35. The number of aryl methyl sites for hydroxylation is 1. The number of ether oxygens (including phenoxy) is 1. The molecule has 1 aromatic heterocycles. The monoisotopic (exact) mass is 444 g/mol. The van der Waals surface area contributed by atoms with E-state index in [0.717, 1.165) is 22.7 Å². The number of hydrogen-bond acceptors (Lipinski definition) is 5. The Hall–Kier alpha value is -2.77. The summed E-state index contributed by atoms with van der Waals surface area (Å²) in [5.41, 5.74) is 2.42. The Bertz CT molecular complexity index is 1060. The Labute approximate surface area is 184 Å². The van der Waals surface area contributed by atoms with E-state index in [1.165, 1.54) is 12.1 Å². The van der Waals surface area contributed by atoms with Crippen LogP contribution in [0.1, 0.15) is 30.8 Å². The lowest BCUT2D eigenvalue weighted by molar-refractivity contribution is 0.429. The van der Waals surface area contributed by atoms with Crippen LogP contribution in [0.4, 0.5) is 10.1 Å². The van der Waals surface area contributed by atoms with Crippen molar-refractivity contribution in [2.45, 2.75) is 26.8 Å². The summed E-state index contributed by atoms with van der Waals surface area (Å²) in [7, 11) is 1.96. The number of hydrogen-bond donors (Lipinski definition) is 0. The fourth-order valence-electron chi connectivity index (χ4n) is 2.31. The predicted molar refractivity (Wildman–Crippen MR) is 123 cm³/mol. The maximum absolute atomic E-state index is 13.0. The average Bonchev–Trinajstić information content (AvgIpc) is 3.16. The fraction of sp³-hybridized carbons (Fsp3) is 0.227. The van der Waals surface area contributed by atoms with Crippen molar-refractivity contribution in [1.82, 2.24) is 14.3 Å². The molecule has 1 heterocycles. The zero-order valence-corrected chi connectivity index (χ0v) is 18.7. The van der Waals surface area contributed by atoms with Crippen molar-refractivity contribution in [3.05, 3.63) is 64.2 Å². The second kappa shape index (κ2) is 9.82. The van der Waals surface area contributed by atoms with E-state index in [1.54, 1.807) is 30.6 Å². The van der Waals surface area contributed by atoms with Crippen LogP contribution < -0.4 is 4.74 Å². The molecule has 0 saturated heterocycles. The Balaban J connectivity index is 1.71. The molecule has 0 saturated carbocycles. The van der Waals surface area contributed by atoms with E-state index < -0.39 is 0 Å². The normalized spacial score (nSPS) is 11.7. The summed E-state index contributed by atoms with van der Waals surface area (Å²) >= 11 is 7.53. The van der Waals surface area contributed by atoms with Crippen LogP contribution >= 0.6 is 23.1 Å². The standard InChI is InChI=1S/C22H22ClFN4OS/c1-14(2)28(4)13-25-19-11-15(3)20(12-18(19)23)29-22-26-21(27-30-22)10-7-16-5-8-17(24)9-6-16/h5-14H,1-4H3/b10-7+,25-13-. The molecule has 156 valence electrons. The first-order valence-corrected chi connectivity index (χ1v) is 10.5. The predicted octanol–water partition coefficient (Wildman–Crippen LogP) is 6.60. The Morgan fingerprint density at radius 2 is 1.93 bits per heavy atom. The van der Waals surface area contributed by atoms with E-state index in [9.17, 15) is 4.39 Å². The van der Waals surface area contributed by atoms with Crippen LogP contribution in [-0.2, 0) is 0 Å². The van der Waals surface area contributed by atoms with Gasteiger partial charge < -0.3 is 9.64 Å². The van der Waals surface area contributed by atoms with E-state index in [1.807, 2.05) is 31.0 Å². The molecule has 0 bridgehead atoms. The van der Waals surface area contributed by atoms with Gasteiger partial charge in [0.05, 0.1) is 17.0 Å². The summed E-state index contributed by atoms with van der Waals surface area (Å²) < 4.78 is 23.1. The van der Waals surface area contributed by atoms with Gasteiger partial charge in [0.15, 0.2) is 5.82 Å². The van der Waals surface area contributed by atoms with Crippen LogP contribution in [0.5, 0.6) is 10.9 Å². The summed E-state index contributed by atoms with van der Waals surface area (Å²) in [6, 6.07) is 10.1. The summed E-state index contributed by atoms with van der Waals surface area (Å²) in [6.45, 7) is 6.09. The minimum Gasteiger partial charge on any atom is -0.430 e. The Kier molecular flexibility index (Phi) is 7.18. The van der Waals surface area contributed by atoms with Gasteiger partial charge in [-0.3, -0.25) is 0 Å². The van der Waals surface area contributed by atoms with Crippen LogP contribution in [-0.4, -0.2) is 33.7 Å². The molecule has 30 heavy (non-hydrogen) atoms. The first kappa shape index (κ1) is 21.9. The summed E-state index contributed by atoms with van der Waals surface area (Å²) in [6.07, 6.45) is 5.32. The van der Waals surface area contributed by atoms with Crippen molar-refractivity contribution < 1.29 is 9.13 Å². The van der Waals surface area contributed by atoms with Gasteiger partial charge in [-0.2, -0.15) is 9.36 Å². The molecule has 0 N–H and O–H groups in total. The van der Waals surface area contributed by atoms with Gasteiger partial charge in [-0.05, 0) is 56.2 Å². The van der Waals surface area contributed by atoms with Crippen LogP contribution in [0.15, 0.2) is 41.4 Å². The van der Waals surface area contributed by atoms with E-state index in [-0.39, 0.29) is 5.82 Å². The topological polar surface area (TPSA) is 50.6 Å². The van der Waals surface area contributed by atoms with Gasteiger partial charge in [0, 0.05) is 30.7 Å². The number of halogens is 2. The van der Waals surface area contributed by atoms with Crippen molar-refractivity contribution in [2.75, 3.05) is 7.05 Å². The second-order valence-corrected chi connectivity index (χ2v) is 8.10. The van der Waals surface area contributed by atoms with Crippen molar-refractivity contribution in [1.29, 1.82) is 0 Å². The molecule has 0 unspecified atom stereocenters. The van der Waals surface area contributed by atoms with Gasteiger partial charge in [0.1, 0.15) is 11.6 Å². The molecule has 0 aliphatic heterocycles. The van der Waals surface area contributed by atoms with E-state index in [0.29, 0.717) is 33.5 Å². The lowest BCUT2D eigenvalue weighted by Crippen LogP contribution is -2.24. The Morgan fingerprint density at radius 1 is 1.20 bits per heavy atom. The first-order chi connectivity index (χ1) is 14.3. The number of rotatable bonds is 7. The largest absolute Gasteiger partial charge is 0.430 e. The van der Waals surface area contributed by atoms with Gasteiger partial charge in [-0.25, -0.2) is 9.38 Å². The molecule has 2 aromatic carbocycles. The molecule has 0 fully saturated rings. The summed E-state index contributed by atoms with van der Waals surface area (Å²) in [5, 5.41) is 0.897. The highest BCUT2D eigenvalue weighted by Crippen LogP contribution is 2.35. The second-order valence-electron chi connectivity index (χ2n) is 6.98. The number of nitrogens with zero attached hydrogens (tertiary/aromatic N) is 4. The lowest BCUT2D eigenvalue weighted by atomic mass is 10.2.